The van der Waals surface area contributed by atoms with Gasteiger partial charge in [-0.05, 0) is 109 Å². The van der Waals surface area contributed by atoms with Crippen molar-refractivity contribution in [2.45, 2.75) is 0 Å². The molecule has 0 unspecified atom stereocenters. The average Bonchev–Trinajstić information content (AvgIpc) is 3.48. The molecule has 7 heteroatoms. The first-order valence-electron chi connectivity index (χ1n) is 27.8. The SMILES string of the molecule is c1ccc(-c2nc(-c3cccc(-n4c5ccccc5c5ccccc54)c3)nc(-c3ccc(-n4c5ccccc5c5ccccc54)c(-c4ccc5c6ccccc6n(-c6ccc7c(c6)c6ccccc6n7-c6ccccc6)c5c4)c3)n2)cc1. The third-order valence-electron chi connectivity index (χ3n) is 16.6. The molecule has 0 amide bonds. The maximum atomic E-state index is 5.43. The summed E-state index contributed by atoms with van der Waals surface area (Å²) in [4.78, 5) is 16.0. The van der Waals surface area contributed by atoms with Crippen LogP contribution >= 0.6 is 0 Å². The third-order valence-corrected chi connectivity index (χ3v) is 16.6. The number of fused-ring (bicyclic) bond motifs is 12. The molecule has 5 heterocycles. The van der Waals surface area contributed by atoms with Gasteiger partial charge < -0.3 is 18.3 Å². The van der Waals surface area contributed by atoms with Crippen molar-refractivity contribution in [1.82, 2.24) is 33.2 Å². The highest BCUT2D eigenvalue weighted by Gasteiger charge is 2.22. The van der Waals surface area contributed by atoms with Crippen molar-refractivity contribution in [2.24, 2.45) is 0 Å². The number of para-hydroxylation sites is 7. The predicted molar refractivity (Wildman–Crippen MR) is 339 cm³/mol. The lowest BCUT2D eigenvalue weighted by Gasteiger charge is -2.17. The van der Waals surface area contributed by atoms with Crippen molar-refractivity contribution < 1.29 is 0 Å². The number of hydrogen-bond donors (Lipinski definition) is 0. The van der Waals surface area contributed by atoms with Crippen molar-refractivity contribution >= 4 is 87.2 Å². The molecule has 17 rings (SSSR count). The summed E-state index contributed by atoms with van der Waals surface area (Å²) in [6, 6.07) is 102. The van der Waals surface area contributed by atoms with E-state index in [1.165, 1.54) is 48.6 Å². The van der Waals surface area contributed by atoms with Crippen LogP contribution in [0.15, 0.2) is 285 Å². The van der Waals surface area contributed by atoms with Crippen molar-refractivity contribution in [1.29, 1.82) is 0 Å². The van der Waals surface area contributed by atoms with Gasteiger partial charge in [0, 0.05) is 82.4 Å². The van der Waals surface area contributed by atoms with Crippen LogP contribution in [0.25, 0.3) is 155 Å². The van der Waals surface area contributed by atoms with E-state index in [0.29, 0.717) is 17.5 Å². The van der Waals surface area contributed by atoms with Crippen LogP contribution in [0.2, 0.25) is 0 Å². The first-order valence-corrected chi connectivity index (χ1v) is 27.8. The van der Waals surface area contributed by atoms with Gasteiger partial charge in [0.25, 0.3) is 0 Å². The molecule has 0 aliphatic rings. The highest BCUT2D eigenvalue weighted by Crippen LogP contribution is 2.43. The van der Waals surface area contributed by atoms with Gasteiger partial charge >= 0.3 is 0 Å². The summed E-state index contributed by atoms with van der Waals surface area (Å²) in [5.41, 5.74) is 18.2. The highest BCUT2D eigenvalue weighted by atomic mass is 15.0. The molecule has 382 valence electrons. The molecular formula is C75H47N7. The van der Waals surface area contributed by atoms with Crippen LogP contribution in [0.4, 0.5) is 0 Å². The predicted octanol–water partition coefficient (Wildman–Crippen LogP) is 18.9. The monoisotopic (exact) mass is 1050 g/mol. The maximum absolute atomic E-state index is 5.43. The molecule has 82 heavy (non-hydrogen) atoms. The second-order valence-corrected chi connectivity index (χ2v) is 21.2. The van der Waals surface area contributed by atoms with Gasteiger partial charge in [-0.1, -0.05) is 182 Å². The molecule has 0 aliphatic carbocycles. The van der Waals surface area contributed by atoms with E-state index in [9.17, 15) is 0 Å². The van der Waals surface area contributed by atoms with E-state index in [0.717, 1.165) is 89.2 Å². The fraction of sp³-hybridized carbons (Fsp3) is 0. The quantitative estimate of drug-likeness (QED) is 0.152. The molecule has 0 fully saturated rings. The summed E-state index contributed by atoms with van der Waals surface area (Å²) in [6.45, 7) is 0. The summed E-state index contributed by atoms with van der Waals surface area (Å²) in [5.74, 6) is 1.78. The number of hydrogen-bond acceptors (Lipinski definition) is 3. The Labute approximate surface area is 471 Å². The van der Waals surface area contributed by atoms with E-state index in [1.54, 1.807) is 0 Å². The molecule has 5 aromatic heterocycles. The topological polar surface area (TPSA) is 58.4 Å². The molecule has 0 saturated carbocycles. The maximum Gasteiger partial charge on any atom is 0.164 e. The number of benzene rings is 12. The number of rotatable bonds is 8. The lowest BCUT2D eigenvalue weighted by atomic mass is 9.98. The van der Waals surface area contributed by atoms with E-state index in [1.807, 2.05) is 18.2 Å². The third kappa shape index (κ3) is 7.06. The van der Waals surface area contributed by atoms with Crippen molar-refractivity contribution in [3.63, 3.8) is 0 Å². The minimum absolute atomic E-state index is 0.583. The zero-order chi connectivity index (χ0) is 53.8. The minimum Gasteiger partial charge on any atom is -0.309 e. The first-order chi connectivity index (χ1) is 40.7. The highest BCUT2D eigenvalue weighted by molar-refractivity contribution is 6.14. The Kier molecular flexibility index (Phi) is 10.2. The Hall–Kier alpha value is -11.2. The molecule has 0 radical (unpaired) electrons. The Morgan fingerprint density at radius 1 is 0.195 bits per heavy atom. The van der Waals surface area contributed by atoms with Crippen LogP contribution in [-0.2, 0) is 0 Å². The van der Waals surface area contributed by atoms with Crippen molar-refractivity contribution in [3.8, 4) is 68.0 Å². The smallest absolute Gasteiger partial charge is 0.164 e. The summed E-state index contributed by atoms with van der Waals surface area (Å²) < 4.78 is 9.59. The summed E-state index contributed by atoms with van der Waals surface area (Å²) >= 11 is 0. The second kappa shape index (κ2) is 18.2. The van der Waals surface area contributed by atoms with Gasteiger partial charge in [-0.3, -0.25) is 0 Å². The van der Waals surface area contributed by atoms with Crippen LogP contribution in [0.3, 0.4) is 0 Å². The molecule has 17 aromatic rings. The zero-order valence-corrected chi connectivity index (χ0v) is 44.3. The van der Waals surface area contributed by atoms with E-state index in [2.05, 4.69) is 285 Å². The molecule has 7 nitrogen and oxygen atoms in total. The molecule has 12 aromatic carbocycles. The van der Waals surface area contributed by atoms with Crippen molar-refractivity contribution in [3.05, 3.63) is 285 Å². The summed E-state index contributed by atoms with van der Waals surface area (Å²) in [5, 5.41) is 9.61. The molecule has 0 saturated heterocycles. The van der Waals surface area contributed by atoms with Crippen LogP contribution in [0, 0.1) is 0 Å². The first kappa shape index (κ1) is 45.8. The Morgan fingerprint density at radius 2 is 0.573 bits per heavy atom. The lowest BCUT2D eigenvalue weighted by Crippen LogP contribution is -2.02. The standard InChI is InChI=1S/C75H47N7/c1-3-20-48(21-4-1)73-76-74(50-22-19-25-53(44-50)80-64-32-13-7-26-55(64)56-27-8-14-33-65(56)80)78-75(77-73)51-39-42-70(82-68-36-17-10-28-57(68)58-29-11-18-37-69(58)82)62(45-51)49-38-41-61-59-30-9-15-34-66(59)81(72(61)46-49)54-40-43-71-63(47-54)60-31-12-16-35-67(60)79(71)52-23-5-2-6-24-52/h1-47H. The van der Waals surface area contributed by atoms with Gasteiger partial charge in [0.2, 0.25) is 0 Å². The largest absolute Gasteiger partial charge is 0.309 e. The van der Waals surface area contributed by atoms with Crippen LogP contribution in [0.1, 0.15) is 0 Å². The number of nitrogens with zero attached hydrogens (tertiary/aromatic N) is 7. The molecular weight excluding hydrogens is 999 g/mol. The van der Waals surface area contributed by atoms with Crippen LogP contribution in [0.5, 0.6) is 0 Å². The molecule has 0 bridgehead atoms. The Balaban J connectivity index is 0.891. The van der Waals surface area contributed by atoms with Gasteiger partial charge in [-0.25, -0.2) is 15.0 Å². The van der Waals surface area contributed by atoms with Gasteiger partial charge in [-0.15, -0.1) is 0 Å². The minimum atomic E-state index is 0.583. The van der Waals surface area contributed by atoms with Gasteiger partial charge in [0.05, 0.1) is 49.8 Å². The lowest BCUT2D eigenvalue weighted by molar-refractivity contribution is 1.07. The van der Waals surface area contributed by atoms with Gasteiger partial charge in [0.15, 0.2) is 17.5 Å². The van der Waals surface area contributed by atoms with E-state index >= 15 is 0 Å². The second-order valence-electron chi connectivity index (χ2n) is 21.2. The molecule has 0 atom stereocenters. The van der Waals surface area contributed by atoms with E-state index in [-0.39, 0.29) is 0 Å². The fourth-order valence-electron chi connectivity index (χ4n) is 13.0. The molecule has 0 spiro atoms. The van der Waals surface area contributed by atoms with Gasteiger partial charge in [0.1, 0.15) is 0 Å². The number of aromatic nitrogens is 7. The Morgan fingerprint density at radius 3 is 1.13 bits per heavy atom. The average molecular weight is 1050 g/mol. The molecule has 0 aliphatic heterocycles. The normalized spacial score (nSPS) is 11.9. The zero-order valence-electron chi connectivity index (χ0n) is 44.3. The fourth-order valence-corrected chi connectivity index (χ4v) is 13.0. The van der Waals surface area contributed by atoms with E-state index < -0.39 is 0 Å². The Bertz CT molecular complexity index is 5300. The van der Waals surface area contributed by atoms with Crippen LogP contribution in [-0.4, -0.2) is 33.2 Å². The summed E-state index contributed by atoms with van der Waals surface area (Å²) in [7, 11) is 0. The van der Waals surface area contributed by atoms with Crippen LogP contribution < -0.4 is 0 Å². The van der Waals surface area contributed by atoms with E-state index in [4.69, 9.17) is 15.0 Å². The van der Waals surface area contributed by atoms with Crippen molar-refractivity contribution in [2.75, 3.05) is 0 Å². The molecule has 0 N–H and O–H groups in total. The summed E-state index contributed by atoms with van der Waals surface area (Å²) in [6.07, 6.45) is 0. The van der Waals surface area contributed by atoms with Gasteiger partial charge in [-0.2, -0.15) is 0 Å².